The zero-order chi connectivity index (χ0) is 22.1. The minimum Gasteiger partial charge on any atom is -0.385 e. The van der Waals surface area contributed by atoms with Crippen molar-refractivity contribution in [2.45, 2.75) is 39.2 Å². The van der Waals surface area contributed by atoms with Gasteiger partial charge in [0.05, 0.1) is 0 Å². The van der Waals surface area contributed by atoms with Crippen LogP contribution in [0.4, 0.5) is 4.39 Å². The third kappa shape index (κ3) is 6.79. The van der Waals surface area contributed by atoms with Crippen molar-refractivity contribution in [2.75, 3.05) is 33.4 Å². The minimum absolute atomic E-state index is 0.0698. The Morgan fingerprint density at radius 2 is 1.80 bits per heavy atom. The molecule has 166 valence electrons. The molecule has 2 rings (SSSR count). The van der Waals surface area contributed by atoms with Crippen molar-refractivity contribution in [3.05, 3.63) is 35.6 Å². The highest BCUT2D eigenvalue weighted by Crippen LogP contribution is 2.23. The number of hydrogen-bond acceptors (Lipinski definition) is 4. The van der Waals surface area contributed by atoms with Gasteiger partial charge in [-0.3, -0.25) is 14.4 Å². The fourth-order valence-electron chi connectivity index (χ4n) is 3.58. The van der Waals surface area contributed by atoms with Crippen LogP contribution in [-0.4, -0.2) is 62.0 Å². The van der Waals surface area contributed by atoms with Crippen molar-refractivity contribution < 1.29 is 23.5 Å². The first-order valence-corrected chi connectivity index (χ1v) is 10.4. The molecule has 1 aromatic carbocycles. The predicted molar refractivity (Wildman–Crippen MR) is 111 cm³/mol. The number of nitrogens with zero attached hydrogens (tertiary/aromatic N) is 1. The largest absolute Gasteiger partial charge is 0.385 e. The summed E-state index contributed by atoms with van der Waals surface area (Å²) in [5.41, 5.74) is 0.293. The van der Waals surface area contributed by atoms with Gasteiger partial charge in [-0.1, -0.05) is 13.8 Å². The molecule has 1 fully saturated rings. The Morgan fingerprint density at radius 3 is 2.37 bits per heavy atom. The molecule has 0 radical (unpaired) electrons. The standard InChI is InChI=1S/C22H32FN3O4/c1-15(2)22(29)26-12-9-16(10-13-26)19(21(28)24-11-4-14-30-3)25-20(27)17-5-7-18(23)8-6-17/h5-8,15-16,19H,4,9-14H2,1-3H3,(H,24,28)(H,25,27). The van der Waals surface area contributed by atoms with Crippen LogP contribution in [-0.2, 0) is 14.3 Å². The van der Waals surface area contributed by atoms with Crippen LogP contribution in [0, 0.1) is 17.7 Å². The number of halogens is 1. The maximum atomic E-state index is 13.2. The van der Waals surface area contributed by atoms with Gasteiger partial charge in [-0.05, 0) is 49.4 Å². The highest BCUT2D eigenvalue weighted by molar-refractivity contribution is 5.97. The van der Waals surface area contributed by atoms with Crippen LogP contribution in [0.5, 0.6) is 0 Å². The zero-order valence-corrected chi connectivity index (χ0v) is 17.9. The summed E-state index contributed by atoms with van der Waals surface area (Å²) in [6.45, 7) is 5.83. The monoisotopic (exact) mass is 421 g/mol. The van der Waals surface area contributed by atoms with Gasteiger partial charge >= 0.3 is 0 Å². The topological polar surface area (TPSA) is 87.7 Å². The second kappa shape index (κ2) is 11.6. The Hall–Kier alpha value is -2.48. The van der Waals surface area contributed by atoms with Gasteiger partial charge in [-0.25, -0.2) is 4.39 Å². The quantitative estimate of drug-likeness (QED) is 0.597. The van der Waals surface area contributed by atoms with Crippen LogP contribution in [0.2, 0.25) is 0 Å². The molecular formula is C22H32FN3O4. The number of rotatable bonds is 9. The minimum atomic E-state index is -0.721. The molecule has 1 heterocycles. The van der Waals surface area contributed by atoms with Gasteiger partial charge in [-0.2, -0.15) is 0 Å². The third-order valence-corrected chi connectivity index (χ3v) is 5.32. The number of methoxy groups -OCH3 is 1. The lowest BCUT2D eigenvalue weighted by Gasteiger charge is -2.36. The molecule has 1 aliphatic heterocycles. The molecule has 0 aromatic heterocycles. The molecule has 7 nitrogen and oxygen atoms in total. The average Bonchev–Trinajstić information content (AvgIpc) is 2.74. The number of carbonyl (C=O) groups excluding carboxylic acids is 3. The van der Waals surface area contributed by atoms with E-state index in [2.05, 4.69) is 10.6 Å². The molecular weight excluding hydrogens is 389 g/mol. The maximum Gasteiger partial charge on any atom is 0.251 e. The van der Waals surface area contributed by atoms with Crippen LogP contribution < -0.4 is 10.6 Å². The van der Waals surface area contributed by atoms with Crippen LogP contribution in [0.15, 0.2) is 24.3 Å². The Morgan fingerprint density at radius 1 is 1.17 bits per heavy atom. The highest BCUT2D eigenvalue weighted by atomic mass is 19.1. The van der Waals surface area contributed by atoms with E-state index < -0.39 is 17.8 Å². The van der Waals surface area contributed by atoms with Crippen LogP contribution in [0.25, 0.3) is 0 Å². The summed E-state index contributed by atoms with van der Waals surface area (Å²) in [5, 5.41) is 5.68. The Balaban J connectivity index is 2.05. The molecule has 0 bridgehead atoms. The number of benzene rings is 1. The molecule has 3 amide bonds. The number of ether oxygens (including phenoxy) is 1. The fourth-order valence-corrected chi connectivity index (χ4v) is 3.58. The summed E-state index contributed by atoms with van der Waals surface area (Å²) in [5.74, 6) is -1.17. The van der Waals surface area contributed by atoms with Crippen LogP contribution in [0.1, 0.15) is 43.5 Å². The molecule has 30 heavy (non-hydrogen) atoms. The summed E-state index contributed by atoms with van der Waals surface area (Å²) < 4.78 is 18.2. The summed E-state index contributed by atoms with van der Waals surface area (Å²) >= 11 is 0. The summed E-state index contributed by atoms with van der Waals surface area (Å²) in [6.07, 6.45) is 1.92. The van der Waals surface area contributed by atoms with Gasteiger partial charge in [0, 0.05) is 44.8 Å². The molecule has 1 atom stereocenters. The van der Waals surface area contributed by atoms with E-state index in [-0.39, 0.29) is 23.7 Å². The molecule has 2 N–H and O–H groups in total. The van der Waals surface area contributed by atoms with Gasteiger partial charge in [0.25, 0.3) is 5.91 Å². The molecule has 0 saturated carbocycles. The Kier molecular flexibility index (Phi) is 9.23. The SMILES string of the molecule is COCCCNC(=O)C(NC(=O)c1ccc(F)cc1)C1CCN(C(=O)C(C)C)CC1. The van der Waals surface area contributed by atoms with E-state index in [0.29, 0.717) is 51.1 Å². The molecule has 1 saturated heterocycles. The van der Waals surface area contributed by atoms with E-state index >= 15 is 0 Å². The molecule has 0 spiro atoms. The maximum absolute atomic E-state index is 13.2. The summed E-state index contributed by atoms with van der Waals surface area (Å²) in [7, 11) is 1.60. The van der Waals surface area contributed by atoms with Crippen LogP contribution >= 0.6 is 0 Å². The van der Waals surface area contributed by atoms with Gasteiger partial charge in [0.15, 0.2) is 0 Å². The number of hydrogen-bond donors (Lipinski definition) is 2. The van der Waals surface area contributed by atoms with Crippen molar-refractivity contribution in [3.8, 4) is 0 Å². The van der Waals surface area contributed by atoms with Gasteiger partial charge in [-0.15, -0.1) is 0 Å². The van der Waals surface area contributed by atoms with Crippen LogP contribution in [0.3, 0.4) is 0 Å². The second-order valence-corrected chi connectivity index (χ2v) is 7.91. The number of amides is 3. The zero-order valence-electron chi connectivity index (χ0n) is 17.9. The summed E-state index contributed by atoms with van der Waals surface area (Å²) in [6, 6.07) is 4.49. The van der Waals surface area contributed by atoms with E-state index in [0.717, 1.165) is 0 Å². The van der Waals surface area contributed by atoms with Gasteiger partial charge < -0.3 is 20.3 Å². The normalized spacial score (nSPS) is 15.7. The predicted octanol–water partition coefficient (Wildman–Crippen LogP) is 1.97. The highest BCUT2D eigenvalue weighted by Gasteiger charge is 2.34. The van der Waals surface area contributed by atoms with Crippen molar-refractivity contribution in [2.24, 2.45) is 11.8 Å². The molecule has 1 aromatic rings. The fraction of sp³-hybridized carbons (Fsp3) is 0.591. The molecule has 1 aliphatic rings. The van der Waals surface area contributed by atoms with Gasteiger partial charge in [0.2, 0.25) is 11.8 Å². The first kappa shape index (κ1) is 23.8. The number of carbonyl (C=O) groups is 3. The molecule has 1 unspecified atom stereocenters. The first-order chi connectivity index (χ1) is 14.3. The van der Waals surface area contributed by atoms with Gasteiger partial charge in [0.1, 0.15) is 11.9 Å². The van der Waals surface area contributed by atoms with E-state index in [4.69, 9.17) is 4.74 Å². The Labute approximate surface area is 177 Å². The summed E-state index contributed by atoms with van der Waals surface area (Å²) in [4.78, 5) is 39.5. The van der Waals surface area contributed by atoms with E-state index in [1.165, 1.54) is 24.3 Å². The second-order valence-electron chi connectivity index (χ2n) is 7.91. The number of piperidine rings is 1. The first-order valence-electron chi connectivity index (χ1n) is 10.4. The average molecular weight is 422 g/mol. The van der Waals surface area contributed by atoms with E-state index in [1.807, 2.05) is 18.7 Å². The van der Waals surface area contributed by atoms with E-state index in [9.17, 15) is 18.8 Å². The Bertz CT molecular complexity index is 716. The molecule has 0 aliphatic carbocycles. The third-order valence-electron chi connectivity index (χ3n) is 5.32. The number of nitrogens with one attached hydrogen (secondary N) is 2. The lowest BCUT2D eigenvalue weighted by atomic mass is 9.88. The lowest BCUT2D eigenvalue weighted by Crippen LogP contribution is -2.54. The van der Waals surface area contributed by atoms with E-state index in [1.54, 1.807) is 7.11 Å². The van der Waals surface area contributed by atoms with Crippen molar-refractivity contribution >= 4 is 17.7 Å². The van der Waals surface area contributed by atoms with Crippen molar-refractivity contribution in [1.82, 2.24) is 15.5 Å². The lowest BCUT2D eigenvalue weighted by molar-refractivity contribution is -0.136. The smallest absolute Gasteiger partial charge is 0.251 e. The number of likely N-dealkylation sites (tertiary alicyclic amines) is 1. The van der Waals surface area contributed by atoms with Crippen molar-refractivity contribution in [1.29, 1.82) is 0 Å². The molecule has 8 heteroatoms. The van der Waals surface area contributed by atoms with Crippen molar-refractivity contribution in [3.63, 3.8) is 0 Å².